The largest absolute Gasteiger partial charge is 0.492 e. The summed E-state index contributed by atoms with van der Waals surface area (Å²) in [5.41, 5.74) is -0.199. The highest BCUT2D eigenvalue weighted by Crippen LogP contribution is 2.43. The molecule has 0 amide bonds. The van der Waals surface area contributed by atoms with E-state index in [1.807, 2.05) is 42.5 Å². The number of esters is 1. The number of carbonyl (C=O) groups excluding carboxylic acids is 1. The average molecular weight is 324 g/mol. The van der Waals surface area contributed by atoms with Crippen LogP contribution in [0, 0.1) is 0 Å². The first-order valence-corrected chi connectivity index (χ1v) is 8.01. The summed E-state index contributed by atoms with van der Waals surface area (Å²) in [6.07, 6.45) is 0. The second kappa shape index (κ2) is 5.20. The molecule has 6 heteroatoms. The maximum absolute atomic E-state index is 12.7. The Hall–Kier alpha value is -2.15. The molecule has 2 aromatic carbocycles. The van der Waals surface area contributed by atoms with Crippen molar-refractivity contribution in [3.05, 3.63) is 65.0 Å². The molecule has 1 aliphatic rings. The molecule has 0 saturated carbocycles. The van der Waals surface area contributed by atoms with Crippen molar-refractivity contribution >= 4 is 40.0 Å². The summed E-state index contributed by atoms with van der Waals surface area (Å²) in [7, 11) is 0.171. The Balaban J connectivity index is 2.01. The zero-order chi connectivity index (χ0) is 16.0. The lowest BCUT2D eigenvalue weighted by molar-refractivity contribution is -0.156. The molecule has 23 heavy (non-hydrogen) atoms. The van der Waals surface area contributed by atoms with Gasteiger partial charge in [0.15, 0.2) is 0 Å². The molecule has 0 saturated heterocycles. The van der Waals surface area contributed by atoms with Crippen LogP contribution in [0.25, 0.3) is 10.1 Å². The van der Waals surface area contributed by atoms with Crippen LogP contribution in [0.2, 0.25) is 0 Å². The quantitative estimate of drug-likeness (QED) is 0.579. The van der Waals surface area contributed by atoms with Crippen LogP contribution >= 0.6 is 11.3 Å². The first-order valence-electron chi connectivity index (χ1n) is 7.19. The molecule has 1 unspecified atom stereocenters. The molecule has 114 valence electrons. The molecule has 0 bridgehead atoms. The van der Waals surface area contributed by atoms with E-state index in [2.05, 4.69) is 0 Å². The highest BCUT2D eigenvalue weighted by molar-refractivity contribution is 7.19. The van der Waals surface area contributed by atoms with Gasteiger partial charge in [-0.25, -0.2) is 4.79 Å². The fraction of sp³-hybridized carbons (Fsp3) is 0.118. The lowest BCUT2D eigenvalue weighted by Gasteiger charge is -2.26. The topological polar surface area (TPSA) is 55.8 Å². The molecule has 0 fully saturated rings. The summed E-state index contributed by atoms with van der Waals surface area (Å²) >= 11 is 1.47. The second-order valence-corrected chi connectivity index (χ2v) is 6.46. The number of rotatable bonds is 2. The predicted octanol–water partition coefficient (Wildman–Crippen LogP) is 2.04. The lowest BCUT2D eigenvalue weighted by atomic mass is 9.78. The van der Waals surface area contributed by atoms with E-state index >= 15 is 0 Å². The van der Waals surface area contributed by atoms with Gasteiger partial charge in [0, 0.05) is 4.70 Å². The van der Waals surface area contributed by atoms with Gasteiger partial charge in [0.2, 0.25) is 5.60 Å². The maximum atomic E-state index is 12.7. The van der Waals surface area contributed by atoms with Gasteiger partial charge in [0.25, 0.3) is 0 Å². The van der Waals surface area contributed by atoms with Crippen molar-refractivity contribution in [1.82, 2.24) is 0 Å². The fourth-order valence-corrected chi connectivity index (χ4v) is 4.28. The van der Waals surface area contributed by atoms with Gasteiger partial charge in [-0.1, -0.05) is 42.5 Å². The van der Waals surface area contributed by atoms with E-state index in [9.17, 15) is 9.82 Å². The monoisotopic (exact) mass is 324 g/mol. The van der Waals surface area contributed by atoms with E-state index in [-0.39, 0.29) is 0 Å². The highest BCUT2D eigenvalue weighted by Gasteiger charge is 2.55. The number of ether oxygens (including phenoxy) is 1. The van der Waals surface area contributed by atoms with Crippen LogP contribution in [-0.2, 0) is 19.8 Å². The van der Waals surface area contributed by atoms with Crippen molar-refractivity contribution in [3.63, 3.8) is 0 Å². The van der Waals surface area contributed by atoms with Crippen molar-refractivity contribution in [1.29, 1.82) is 0 Å². The minimum atomic E-state index is -1.42. The number of hydrogen-bond acceptors (Lipinski definition) is 5. The summed E-state index contributed by atoms with van der Waals surface area (Å²) in [6.45, 7) is 0. The van der Waals surface area contributed by atoms with Crippen LogP contribution < -0.4 is 5.46 Å². The maximum Gasteiger partial charge on any atom is 0.492 e. The van der Waals surface area contributed by atoms with Gasteiger partial charge in [-0.05, 0) is 28.5 Å². The molecule has 1 atom stereocenters. The van der Waals surface area contributed by atoms with Crippen LogP contribution in [0.4, 0.5) is 0 Å². The molecule has 0 spiro atoms. The molecule has 3 aromatic rings. The first-order chi connectivity index (χ1) is 11.2. The Bertz CT molecular complexity index is 873. The summed E-state index contributed by atoms with van der Waals surface area (Å²) in [5.74, 6) is -0.534. The fourth-order valence-electron chi connectivity index (χ4n) is 3.08. The molecule has 4 nitrogen and oxygen atoms in total. The third-order valence-corrected chi connectivity index (χ3v) is 5.36. The Labute approximate surface area is 137 Å². The van der Waals surface area contributed by atoms with Crippen LogP contribution in [0.5, 0.6) is 0 Å². The van der Waals surface area contributed by atoms with E-state index in [4.69, 9.17) is 9.39 Å². The lowest BCUT2D eigenvalue weighted by Crippen LogP contribution is -2.39. The van der Waals surface area contributed by atoms with Crippen molar-refractivity contribution < 1.29 is 19.2 Å². The van der Waals surface area contributed by atoms with Crippen molar-refractivity contribution in [2.24, 2.45) is 0 Å². The molecular formula is C17H13BO4S. The minimum Gasteiger partial charge on any atom is -0.466 e. The smallest absolute Gasteiger partial charge is 0.466 e. The zero-order valence-corrected chi connectivity index (χ0v) is 13.2. The normalized spacial score (nSPS) is 19.8. The standard InChI is InChI=1S/C17H13BO4S/c1-21-16(19)17(12-7-3-4-8-13(12)18(20)22-17)15-10-11-6-2-5-9-14(11)23-15/h2-10,20H,1H3. The molecule has 0 radical (unpaired) electrons. The Kier molecular flexibility index (Phi) is 3.26. The summed E-state index contributed by atoms with van der Waals surface area (Å²) in [5, 5.41) is 11.3. The highest BCUT2D eigenvalue weighted by atomic mass is 32.1. The zero-order valence-electron chi connectivity index (χ0n) is 12.4. The van der Waals surface area contributed by atoms with Gasteiger partial charge in [-0.15, -0.1) is 11.3 Å². The van der Waals surface area contributed by atoms with Gasteiger partial charge in [0.1, 0.15) is 0 Å². The first kappa shape index (κ1) is 14.4. The van der Waals surface area contributed by atoms with Gasteiger partial charge in [-0.3, -0.25) is 0 Å². The summed E-state index contributed by atoms with van der Waals surface area (Å²) in [6, 6.07) is 17.0. The summed E-state index contributed by atoms with van der Waals surface area (Å²) < 4.78 is 11.9. The van der Waals surface area contributed by atoms with Crippen LogP contribution in [0.15, 0.2) is 54.6 Å². The number of fused-ring (bicyclic) bond motifs is 2. The van der Waals surface area contributed by atoms with Crippen LogP contribution in [0.1, 0.15) is 10.4 Å². The molecule has 4 rings (SSSR count). The molecule has 0 aliphatic carbocycles. The third-order valence-electron chi connectivity index (χ3n) is 4.14. The van der Waals surface area contributed by atoms with Crippen molar-refractivity contribution in [3.8, 4) is 0 Å². The van der Waals surface area contributed by atoms with Gasteiger partial charge >= 0.3 is 13.1 Å². The SMILES string of the molecule is COC(=O)C1(c2cc3ccccc3s2)OB(O)c2ccccc21. The Morgan fingerprint density at radius 3 is 2.74 bits per heavy atom. The summed E-state index contributed by atoms with van der Waals surface area (Å²) in [4.78, 5) is 13.4. The molecule has 1 aromatic heterocycles. The van der Waals surface area contributed by atoms with Crippen molar-refractivity contribution in [2.75, 3.05) is 7.11 Å². The predicted molar refractivity (Wildman–Crippen MR) is 89.8 cm³/mol. The second-order valence-electron chi connectivity index (χ2n) is 5.38. The van der Waals surface area contributed by atoms with E-state index in [1.54, 1.807) is 12.1 Å². The van der Waals surface area contributed by atoms with E-state index < -0.39 is 18.7 Å². The van der Waals surface area contributed by atoms with Gasteiger partial charge < -0.3 is 14.4 Å². The van der Waals surface area contributed by atoms with E-state index in [1.165, 1.54) is 18.4 Å². The van der Waals surface area contributed by atoms with Crippen molar-refractivity contribution in [2.45, 2.75) is 5.60 Å². The number of thiophene rings is 1. The molecule has 1 N–H and O–H groups in total. The molecule has 2 heterocycles. The number of hydrogen-bond donors (Lipinski definition) is 1. The molecular weight excluding hydrogens is 311 g/mol. The number of methoxy groups -OCH3 is 1. The number of carbonyl (C=O) groups is 1. The van der Waals surface area contributed by atoms with Crippen LogP contribution in [-0.4, -0.2) is 25.2 Å². The average Bonchev–Trinajstić information content (AvgIpc) is 3.14. The Morgan fingerprint density at radius 2 is 1.96 bits per heavy atom. The van der Waals surface area contributed by atoms with E-state index in [0.717, 1.165) is 10.1 Å². The minimum absolute atomic E-state index is 0.534. The van der Waals surface area contributed by atoms with E-state index in [0.29, 0.717) is 15.9 Å². The van der Waals surface area contributed by atoms with Gasteiger partial charge in [-0.2, -0.15) is 0 Å². The number of benzene rings is 2. The molecule has 1 aliphatic heterocycles. The van der Waals surface area contributed by atoms with Gasteiger partial charge in [0.05, 0.1) is 12.0 Å². The Morgan fingerprint density at radius 1 is 1.22 bits per heavy atom. The third kappa shape index (κ3) is 1.96. The van der Waals surface area contributed by atoms with Crippen LogP contribution in [0.3, 0.4) is 0 Å².